The topological polar surface area (TPSA) is 12.5 Å². The highest BCUT2D eigenvalue weighted by Crippen LogP contribution is 2.70. The van der Waals surface area contributed by atoms with Gasteiger partial charge in [0.05, 0.1) is 0 Å². The Morgan fingerprint density at radius 1 is 0.657 bits per heavy atom. The Hall–Kier alpha value is -6.74. The second-order valence-corrected chi connectivity index (χ2v) is 21.1. The molecule has 0 saturated carbocycles. The first kappa shape index (κ1) is 38.4. The van der Waals surface area contributed by atoms with Gasteiger partial charge in [-0.15, -0.1) is 0 Å². The highest BCUT2D eigenvalue weighted by atomic mass is 16.5. The molecule has 0 aromatic heterocycles. The number of hydrogen-bond acceptors (Lipinski definition) is 2. The van der Waals surface area contributed by atoms with E-state index in [9.17, 15) is 0 Å². The lowest BCUT2D eigenvalue weighted by atomic mass is 9.58. The molecule has 7 aromatic carbocycles. The molecule has 0 bridgehead atoms. The van der Waals surface area contributed by atoms with Crippen LogP contribution in [-0.2, 0) is 10.8 Å². The lowest BCUT2D eigenvalue weighted by Crippen LogP contribution is -2.42. The van der Waals surface area contributed by atoms with Crippen LogP contribution in [0.3, 0.4) is 0 Å². The van der Waals surface area contributed by atoms with Gasteiger partial charge in [0.25, 0.3) is 0 Å². The molecule has 15 rings (SSSR count). The summed E-state index contributed by atoms with van der Waals surface area (Å²) in [5.74, 6) is 2.97. The Labute approximate surface area is 394 Å². The van der Waals surface area contributed by atoms with Gasteiger partial charge >= 0.3 is 0 Å². The van der Waals surface area contributed by atoms with Gasteiger partial charge in [-0.25, -0.2) is 0 Å². The molecule has 8 aliphatic rings. The zero-order chi connectivity index (χ0) is 44.2. The lowest BCUT2D eigenvalue weighted by Gasteiger charge is -2.45. The third-order valence-electron chi connectivity index (χ3n) is 18.2. The van der Waals surface area contributed by atoms with Crippen LogP contribution in [0.1, 0.15) is 83.4 Å². The summed E-state index contributed by atoms with van der Waals surface area (Å²) in [7, 11) is 2.34. The van der Waals surface area contributed by atoms with Crippen molar-refractivity contribution in [2.45, 2.75) is 61.4 Å². The van der Waals surface area contributed by atoms with Crippen LogP contribution >= 0.6 is 0 Å². The minimum Gasteiger partial charge on any atom is -0.485 e. The minimum atomic E-state index is -0.306. The quantitative estimate of drug-likeness (QED) is 0.164. The smallest absolute Gasteiger partial charge is 0.128 e. The molecule has 2 nitrogen and oxygen atoms in total. The average molecular weight is 864 g/mol. The number of allylic oxidation sites excluding steroid dienone is 5. The van der Waals surface area contributed by atoms with Crippen molar-refractivity contribution in [1.29, 1.82) is 0 Å². The van der Waals surface area contributed by atoms with Crippen molar-refractivity contribution in [2.24, 2.45) is 11.8 Å². The third kappa shape index (κ3) is 5.04. The highest BCUT2D eigenvalue weighted by molar-refractivity contribution is 5.96. The first-order valence-corrected chi connectivity index (χ1v) is 24.9. The number of benzene rings is 7. The largest absolute Gasteiger partial charge is 0.485 e. The third-order valence-corrected chi connectivity index (χ3v) is 18.2. The Bertz CT molecular complexity index is 3480. The Morgan fingerprint density at radius 3 is 2.25 bits per heavy atom. The van der Waals surface area contributed by atoms with E-state index in [1.165, 1.54) is 102 Å². The van der Waals surface area contributed by atoms with Crippen LogP contribution in [0.4, 0.5) is 0 Å². The predicted molar refractivity (Wildman–Crippen MR) is 275 cm³/mol. The predicted octanol–water partition coefficient (Wildman–Crippen LogP) is 15.0. The van der Waals surface area contributed by atoms with E-state index in [0.717, 1.165) is 25.3 Å². The molecule has 2 heteroatoms. The van der Waals surface area contributed by atoms with Crippen LogP contribution < -0.4 is 4.74 Å². The number of para-hydroxylation sites is 1. The molecule has 7 atom stereocenters. The second kappa shape index (κ2) is 13.9. The van der Waals surface area contributed by atoms with E-state index in [1.54, 1.807) is 22.3 Å². The second-order valence-electron chi connectivity index (χ2n) is 21.1. The van der Waals surface area contributed by atoms with Gasteiger partial charge in [0.15, 0.2) is 0 Å². The fraction of sp³-hybridized carbons (Fsp3) is 0.231. The van der Waals surface area contributed by atoms with E-state index in [0.29, 0.717) is 23.7 Å². The van der Waals surface area contributed by atoms with E-state index in [2.05, 4.69) is 201 Å². The maximum atomic E-state index is 6.63. The van der Waals surface area contributed by atoms with Gasteiger partial charge in [0.2, 0.25) is 0 Å². The summed E-state index contributed by atoms with van der Waals surface area (Å²) in [6.45, 7) is 4.68. The maximum Gasteiger partial charge on any atom is 0.128 e. The summed E-state index contributed by atoms with van der Waals surface area (Å²) < 4.78 is 6.63. The number of rotatable bonds is 3. The van der Waals surface area contributed by atoms with Crippen LogP contribution in [0.25, 0.3) is 55.8 Å². The lowest BCUT2D eigenvalue weighted by molar-refractivity contribution is 0.233. The van der Waals surface area contributed by atoms with Gasteiger partial charge in [0.1, 0.15) is 11.9 Å². The van der Waals surface area contributed by atoms with Gasteiger partial charge in [-0.3, -0.25) is 0 Å². The molecular weight excluding hydrogens is 811 g/mol. The number of ether oxygens (including phenoxy) is 1. The van der Waals surface area contributed by atoms with E-state index < -0.39 is 0 Å². The van der Waals surface area contributed by atoms with Crippen molar-refractivity contribution in [3.8, 4) is 39.1 Å². The standard InChI is InChI=1S/C65H53NO/c1-64(43-29-30-51-50-16-6-10-24-60(50)67-61(51)37-43)55-21-7-3-15-49(55)53-20-12-18-45(63(53)64)42-28-26-39-35-41(27-25-40(39)36-42)44-17-11-19-52-46(44)31-32-59-62(52)54-38-66(2)34-33-58(54)65(59)56-22-8-4-13-47(56)48-14-5-9-23-57(48)65/h3-8,10-22,24-32,35-36,48,57,59,61-62H,9,23,33-34,37-38H2,1-2H3. The molecule has 7 unspecified atom stereocenters. The fourth-order valence-corrected chi connectivity index (χ4v) is 15.5. The molecular formula is C65H53NO. The van der Waals surface area contributed by atoms with Crippen molar-refractivity contribution in [1.82, 2.24) is 4.90 Å². The maximum absolute atomic E-state index is 6.63. The van der Waals surface area contributed by atoms with Gasteiger partial charge in [-0.2, -0.15) is 0 Å². The monoisotopic (exact) mass is 863 g/mol. The zero-order valence-corrected chi connectivity index (χ0v) is 38.3. The van der Waals surface area contributed by atoms with Crippen molar-refractivity contribution >= 4 is 22.4 Å². The number of fused-ring (bicyclic) bond motifs is 18. The first-order chi connectivity index (χ1) is 33.0. The summed E-state index contributed by atoms with van der Waals surface area (Å²) in [5, 5.41) is 2.55. The molecule has 0 saturated heterocycles. The minimum absolute atomic E-state index is 0.0321. The van der Waals surface area contributed by atoms with Crippen LogP contribution in [0.5, 0.6) is 5.75 Å². The van der Waals surface area contributed by atoms with Gasteiger partial charge in [-0.1, -0.05) is 175 Å². The first-order valence-electron chi connectivity index (χ1n) is 24.9. The van der Waals surface area contributed by atoms with Crippen molar-refractivity contribution in [2.75, 3.05) is 20.1 Å². The molecule has 0 radical (unpaired) electrons. The Morgan fingerprint density at radius 2 is 1.37 bits per heavy atom. The van der Waals surface area contributed by atoms with Crippen LogP contribution in [-0.4, -0.2) is 31.1 Å². The van der Waals surface area contributed by atoms with Crippen molar-refractivity contribution < 1.29 is 4.74 Å². The summed E-state index contributed by atoms with van der Waals surface area (Å²) in [6.07, 6.45) is 19.5. The molecule has 2 heterocycles. The molecule has 0 amide bonds. The van der Waals surface area contributed by atoms with Gasteiger partial charge < -0.3 is 9.64 Å². The molecule has 0 fully saturated rings. The van der Waals surface area contributed by atoms with Crippen molar-refractivity contribution in [3.05, 3.63) is 232 Å². The molecule has 1 spiro atoms. The van der Waals surface area contributed by atoms with Gasteiger partial charge in [0, 0.05) is 59.2 Å². The number of hydrogen-bond donors (Lipinski definition) is 0. The van der Waals surface area contributed by atoms with E-state index in [4.69, 9.17) is 4.74 Å². The zero-order valence-electron chi connectivity index (χ0n) is 38.3. The molecule has 0 N–H and O–H groups in total. The SMILES string of the molecule is CN1CCC2=C(C1)C1c3cccc(-c4ccc5cc(-c6cccc7c6C(C)(C6=CC=C8c9ccccc9OC8C6)c6ccccc6-7)ccc5c4)c3C=CC1C21c2ccccc2C2C=CCCC21. The average Bonchev–Trinajstić information content (AvgIpc) is 4.08. The highest BCUT2D eigenvalue weighted by Gasteiger charge is 2.63. The normalized spacial score (nSPS) is 27.8. The van der Waals surface area contributed by atoms with Crippen LogP contribution in [0, 0.1) is 11.8 Å². The van der Waals surface area contributed by atoms with E-state index in [-0.39, 0.29) is 16.9 Å². The molecule has 324 valence electrons. The summed E-state index contributed by atoms with van der Waals surface area (Å²) in [6, 6.07) is 55.7. The van der Waals surface area contributed by atoms with Crippen LogP contribution in [0.15, 0.2) is 193 Å². The number of nitrogens with zero attached hydrogens (tertiary/aromatic N) is 1. The summed E-state index contributed by atoms with van der Waals surface area (Å²) >= 11 is 0. The van der Waals surface area contributed by atoms with Crippen LogP contribution in [0.2, 0.25) is 0 Å². The van der Waals surface area contributed by atoms with E-state index >= 15 is 0 Å². The van der Waals surface area contributed by atoms with Gasteiger partial charge in [-0.05, 0) is 140 Å². The Kier molecular flexibility index (Phi) is 7.97. The molecule has 6 aliphatic carbocycles. The molecule has 2 aliphatic heterocycles. The summed E-state index contributed by atoms with van der Waals surface area (Å²) in [4.78, 5) is 2.58. The van der Waals surface area contributed by atoms with Crippen molar-refractivity contribution in [3.63, 3.8) is 0 Å². The Balaban J connectivity index is 0.815. The molecule has 7 aromatic rings. The molecule has 67 heavy (non-hydrogen) atoms. The number of likely N-dealkylation sites (N-methyl/N-ethyl adjacent to an activating group) is 1. The van der Waals surface area contributed by atoms with E-state index in [1.807, 2.05) is 0 Å². The summed E-state index contributed by atoms with van der Waals surface area (Å²) in [5.41, 5.74) is 24.0. The fourth-order valence-electron chi connectivity index (χ4n) is 15.5.